The van der Waals surface area contributed by atoms with E-state index in [0.29, 0.717) is 17.9 Å². The van der Waals surface area contributed by atoms with Crippen molar-refractivity contribution in [3.63, 3.8) is 0 Å². The van der Waals surface area contributed by atoms with Gasteiger partial charge in [-0.3, -0.25) is 0 Å². The zero-order valence-electron chi connectivity index (χ0n) is 10.9. The number of hydrogen-bond acceptors (Lipinski definition) is 3. The molecule has 1 fully saturated rings. The van der Waals surface area contributed by atoms with Crippen molar-refractivity contribution in [3.05, 3.63) is 29.8 Å². The lowest BCUT2D eigenvalue weighted by Gasteiger charge is -2.33. The van der Waals surface area contributed by atoms with Gasteiger partial charge in [-0.1, -0.05) is 18.2 Å². The van der Waals surface area contributed by atoms with Crippen LogP contribution in [0.5, 0.6) is 0 Å². The predicted octanol–water partition coefficient (Wildman–Crippen LogP) is 2.89. The van der Waals surface area contributed by atoms with Gasteiger partial charge in [-0.05, 0) is 43.4 Å². The Labute approximate surface area is 113 Å². The number of thioether (sulfide) groups is 1. The summed E-state index contributed by atoms with van der Waals surface area (Å²) in [6, 6.07) is 9.51. The minimum Gasteiger partial charge on any atom is -0.381 e. The standard InChI is InChI=1S/C15H21NOS/c1-16-14-6-7-17-9-11(14)8-12-10-18-15-5-3-2-4-13(12)15/h2-5,11-12,14,16H,6-10H2,1H3. The summed E-state index contributed by atoms with van der Waals surface area (Å²) in [6.07, 6.45) is 2.41. The molecule has 3 rings (SSSR count). The van der Waals surface area contributed by atoms with Crippen molar-refractivity contribution in [2.24, 2.45) is 5.92 Å². The van der Waals surface area contributed by atoms with Gasteiger partial charge in [0.1, 0.15) is 0 Å². The van der Waals surface area contributed by atoms with E-state index in [1.807, 2.05) is 11.8 Å². The van der Waals surface area contributed by atoms with Gasteiger partial charge in [0.2, 0.25) is 0 Å². The highest BCUT2D eigenvalue weighted by atomic mass is 32.2. The van der Waals surface area contributed by atoms with Crippen molar-refractivity contribution in [1.82, 2.24) is 5.32 Å². The monoisotopic (exact) mass is 263 g/mol. The number of nitrogens with one attached hydrogen (secondary N) is 1. The predicted molar refractivity (Wildman–Crippen MR) is 76.3 cm³/mol. The van der Waals surface area contributed by atoms with Gasteiger partial charge in [0.15, 0.2) is 0 Å². The van der Waals surface area contributed by atoms with E-state index in [2.05, 4.69) is 36.6 Å². The number of ether oxygens (including phenoxy) is 1. The summed E-state index contributed by atoms with van der Waals surface area (Å²) in [5, 5.41) is 3.47. The molecule has 2 nitrogen and oxygen atoms in total. The van der Waals surface area contributed by atoms with Gasteiger partial charge < -0.3 is 10.1 Å². The SMILES string of the molecule is CNC1CCOCC1CC1CSc2ccccc21. The van der Waals surface area contributed by atoms with Crippen LogP contribution in [-0.2, 0) is 4.74 Å². The molecule has 3 heteroatoms. The molecule has 98 valence electrons. The molecule has 0 bridgehead atoms. The van der Waals surface area contributed by atoms with E-state index < -0.39 is 0 Å². The fourth-order valence-electron chi connectivity index (χ4n) is 3.20. The molecule has 1 aromatic rings. The van der Waals surface area contributed by atoms with Gasteiger partial charge in [0.05, 0.1) is 6.61 Å². The van der Waals surface area contributed by atoms with E-state index in [1.165, 1.54) is 17.1 Å². The molecule has 2 heterocycles. The Kier molecular flexibility index (Phi) is 3.92. The van der Waals surface area contributed by atoms with E-state index >= 15 is 0 Å². The second-order valence-electron chi connectivity index (χ2n) is 5.30. The summed E-state index contributed by atoms with van der Waals surface area (Å²) >= 11 is 2.01. The first-order valence-corrected chi connectivity index (χ1v) is 7.84. The number of benzene rings is 1. The maximum Gasteiger partial charge on any atom is 0.0509 e. The minimum absolute atomic E-state index is 0.636. The summed E-state index contributed by atoms with van der Waals surface area (Å²) in [5.74, 6) is 2.63. The summed E-state index contributed by atoms with van der Waals surface area (Å²) in [7, 11) is 2.08. The van der Waals surface area contributed by atoms with E-state index in [1.54, 1.807) is 5.56 Å². The molecule has 0 radical (unpaired) electrons. The second kappa shape index (κ2) is 5.64. The smallest absolute Gasteiger partial charge is 0.0509 e. The third-order valence-corrected chi connectivity index (χ3v) is 5.48. The van der Waals surface area contributed by atoms with Crippen molar-refractivity contribution in [2.75, 3.05) is 26.0 Å². The molecule has 1 saturated heterocycles. The maximum absolute atomic E-state index is 5.67. The van der Waals surface area contributed by atoms with E-state index in [-0.39, 0.29) is 0 Å². The summed E-state index contributed by atoms with van der Waals surface area (Å²) in [5.41, 5.74) is 1.56. The van der Waals surface area contributed by atoms with Crippen LogP contribution in [0.1, 0.15) is 24.3 Å². The molecule has 18 heavy (non-hydrogen) atoms. The van der Waals surface area contributed by atoms with Crippen LogP contribution in [0.4, 0.5) is 0 Å². The first kappa shape index (κ1) is 12.5. The van der Waals surface area contributed by atoms with Crippen molar-refractivity contribution in [3.8, 4) is 0 Å². The molecule has 3 atom stereocenters. The van der Waals surface area contributed by atoms with E-state index in [9.17, 15) is 0 Å². The average molecular weight is 263 g/mol. The fraction of sp³-hybridized carbons (Fsp3) is 0.600. The van der Waals surface area contributed by atoms with Gasteiger partial charge in [-0.25, -0.2) is 0 Å². The van der Waals surface area contributed by atoms with Crippen LogP contribution in [0.2, 0.25) is 0 Å². The summed E-state index contributed by atoms with van der Waals surface area (Å²) in [4.78, 5) is 1.49. The van der Waals surface area contributed by atoms with Crippen LogP contribution in [0, 0.1) is 5.92 Å². The van der Waals surface area contributed by atoms with E-state index in [0.717, 1.165) is 19.6 Å². The molecule has 2 aliphatic rings. The second-order valence-corrected chi connectivity index (χ2v) is 6.36. The molecule has 2 aliphatic heterocycles. The third kappa shape index (κ3) is 2.44. The van der Waals surface area contributed by atoms with Crippen LogP contribution in [0.15, 0.2) is 29.2 Å². The Morgan fingerprint density at radius 2 is 2.28 bits per heavy atom. The van der Waals surface area contributed by atoms with Crippen molar-refractivity contribution in [1.29, 1.82) is 0 Å². The maximum atomic E-state index is 5.67. The highest BCUT2D eigenvalue weighted by Gasteiger charge is 2.30. The molecule has 0 amide bonds. The normalized spacial score (nSPS) is 31.3. The van der Waals surface area contributed by atoms with Crippen LogP contribution in [-0.4, -0.2) is 32.1 Å². The Bertz CT molecular complexity index is 409. The van der Waals surface area contributed by atoms with Gasteiger partial charge in [-0.15, -0.1) is 11.8 Å². The topological polar surface area (TPSA) is 21.3 Å². The van der Waals surface area contributed by atoms with Crippen LogP contribution in [0.3, 0.4) is 0 Å². The minimum atomic E-state index is 0.636. The van der Waals surface area contributed by atoms with Crippen LogP contribution >= 0.6 is 11.8 Å². The lowest BCUT2D eigenvalue weighted by Crippen LogP contribution is -2.41. The Morgan fingerprint density at radius 1 is 1.39 bits per heavy atom. The third-order valence-electron chi connectivity index (χ3n) is 4.23. The Morgan fingerprint density at radius 3 is 3.17 bits per heavy atom. The van der Waals surface area contributed by atoms with E-state index in [4.69, 9.17) is 4.74 Å². The van der Waals surface area contributed by atoms with Gasteiger partial charge in [0.25, 0.3) is 0 Å². The molecule has 0 saturated carbocycles. The Hall–Kier alpha value is -0.510. The molecule has 0 aliphatic carbocycles. The summed E-state index contributed by atoms with van der Waals surface area (Å²) < 4.78 is 5.67. The van der Waals surface area contributed by atoms with Crippen molar-refractivity contribution in [2.45, 2.75) is 29.7 Å². The number of hydrogen-bond donors (Lipinski definition) is 1. The molecule has 0 spiro atoms. The first-order chi connectivity index (χ1) is 8.88. The molecule has 3 unspecified atom stereocenters. The lowest BCUT2D eigenvalue weighted by atomic mass is 9.84. The molecule has 1 N–H and O–H groups in total. The highest BCUT2D eigenvalue weighted by molar-refractivity contribution is 7.99. The quantitative estimate of drug-likeness (QED) is 0.906. The van der Waals surface area contributed by atoms with Gasteiger partial charge >= 0.3 is 0 Å². The average Bonchev–Trinajstić information content (AvgIpc) is 2.83. The molecular weight excluding hydrogens is 242 g/mol. The zero-order valence-corrected chi connectivity index (χ0v) is 11.7. The molecule has 1 aromatic carbocycles. The van der Waals surface area contributed by atoms with Gasteiger partial charge in [0, 0.05) is 23.3 Å². The largest absolute Gasteiger partial charge is 0.381 e. The van der Waals surface area contributed by atoms with Crippen molar-refractivity contribution >= 4 is 11.8 Å². The number of rotatable bonds is 3. The first-order valence-electron chi connectivity index (χ1n) is 6.85. The van der Waals surface area contributed by atoms with Crippen molar-refractivity contribution < 1.29 is 4.74 Å². The van der Waals surface area contributed by atoms with Crippen LogP contribution < -0.4 is 5.32 Å². The molecule has 0 aromatic heterocycles. The lowest BCUT2D eigenvalue weighted by molar-refractivity contribution is 0.0288. The Balaban J connectivity index is 1.70. The zero-order chi connectivity index (χ0) is 12.4. The van der Waals surface area contributed by atoms with Gasteiger partial charge in [-0.2, -0.15) is 0 Å². The summed E-state index contributed by atoms with van der Waals surface area (Å²) in [6.45, 7) is 1.84. The highest BCUT2D eigenvalue weighted by Crippen LogP contribution is 2.43. The molecular formula is C15H21NOS. The number of fused-ring (bicyclic) bond motifs is 1. The van der Waals surface area contributed by atoms with Crippen LogP contribution in [0.25, 0.3) is 0 Å². The fourth-order valence-corrected chi connectivity index (χ4v) is 4.47.